The highest BCUT2D eigenvalue weighted by Gasteiger charge is 2.45. The Labute approximate surface area is 176 Å². The monoisotopic (exact) mass is 424 g/mol. The summed E-state index contributed by atoms with van der Waals surface area (Å²) in [4.78, 5) is 32.6. The second kappa shape index (κ2) is 7.46. The first kappa shape index (κ1) is 19.4. The number of benzene rings is 2. The molecule has 1 unspecified atom stereocenters. The number of thiazole rings is 1. The molecule has 7 heteroatoms. The van der Waals surface area contributed by atoms with Crippen LogP contribution in [0.4, 0.5) is 5.69 Å². The zero-order valence-electron chi connectivity index (χ0n) is 15.7. The molecule has 0 saturated carbocycles. The zero-order valence-corrected chi connectivity index (χ0v) is 17.3. The number of aliphatic hydroxyl groups is 1. The molecule has 3 aromatic rings. The summed E-state index contributed by atoms with van der Waals surface area (Å²) in [6.07, 6.45) is 0. The number of amides is 1. The van der Waals surface area contributed by atoms with E-state index in [0.717, 1.165) is 10.6 Å². The van der Waals surface area contributed by atoms with E-state index < -0.39 is 17.7 Å². The minimum Gasteiger partial charge on any atom is -0.503 e. The fourth-order valence-electron chi connectivity index (χ4n) is 3.52. The summed E-state index contributed by atoms with van der Waals surface area (Å²) >= 11 is 7.25. The lowest BCUT2D eigenvalue weighted by molar-refractivity contribution is -0.117. The van der Waals surface area contributed by atoms with Crippen LogP contribution in [0.1, 0.15) is 32.0 Å². The molecule has 1 atom stereocenters. The number of hydrogen-bond donors (Lipinski definition) is 1. The molecule has 1 aliphatic rings. The molecule has 2 aromatic carbocycles. The molecule has 4 rings (SSSR count). The molecule has 1 N–H and O–H groups in total. The summed E-state index contributed by atoms with van der Waals surface area (Å²) in [7, 11) is 0. The van der Waals surface area contributed by atoms with Crippen molar-refractivity contribution in [3.8, 4) is 0 Å². The Morgan fingerprint density at radius 1 is 1.10 bits per heavy atom. The summed E-state index contributed by atoms with van der Waals surface area (Å²) in [5, 5.41) is 12.0. The van der Waals surface area contributed by atoms with Gasteiger partial charge in [0.15, 0.2) is 5.76 Å². The van der Waals surface area contributed by atoms with E-state index in [9.17, 15) is 14.7 Å². The predicted molar refractivity (Wildman–Crippen MR) is 114 cm³/mol. The number of carbonyl (C=O) groups excluding carboxylic acids is 2. The lowest BCUT2D eigenvalue weighted by atomic mass is 9.95. The van der Waals surface area contributed by atoms with Gasteiger partial charge in [-0.3, -0.25) is 14.5 Å². The molecule has 0 radical (unpaired) electrons. The number of aromatic nitrogens is 1. The minimum absolute atomic E-state index is 0.0582. The molecule has 0 spiro atoms. The Bertz CT molecular complexity index is 1140. The van der Waals surface area contributed by atoms with Gasteiger partial charge in [0.1, 0.15) is 0 Å². The number of carbonyl (C=O) groups is 2. The van der Waals surface area contributed by atoms with Crippen LogP contribution < -0.4 is 4.90 Å². The first-order valence-electron chi connectivity index (χ1n) is 8.94. The van der Waals surface area contributed by atoms with Crippen molar-refractivity contribution in [1.29, 1.82) is 0 Å². The molecule has 1 aliphatic heterocycles. The molecule has 1 aromatic heterocycles. The molecular formula is C22H17ClN2O3S. The van der Waals surface area contributed by atoms with Gasteiger partial charge in [-0.2, -0.15) is 0 Å². The number of aliphatic hydroxyl groups excluding tert-OH is 1. The number of nitrogens with zero attached hydrogens (tertiary/aromatic N) is 2. The SMILES string of the molecule is Cc1nc(C)c(C(=O)C2=C(O)C(=O)N(c3ccc(Cl)cc3)C2c2ccccc2)s1. The van der Waals surface area contributed by atoms with Gasteiger partial charge in [-0.05, 0) is 43.7 Å². The standard InChI is InChI=1S/C22H17ClN2O3S/c1-12-21(29-13(2)24-12)19(26)17-18(14-6-4-3-5-7-14)25(22(28)20(17)27)16-10-8-15(23)9-11-16/h3-11,18,27H,1-2H3. The van der Waals surface area contributed by atoms with Crippen molar-refractivity contribution in [1.82, 2.24) is 4.98 Å². The average molecular weight is 425 g/mol. The Morgan fingerprint density at radius 2 is 1.76 bits per heavy atom. The van der Waals surface area contributed by atoms with Crippen molar-refractivity contribution < 1.29 is 14.7 Å². The zero-order chi connectivity index (χ0) is 20.7. The Balaban J connectivity index is 1.88. The van der Waals surface area contributed by atoms with Crippen molar-refractivity contribution in [2.45, 2.75) is 19.9 Å². The van der Waals surface area contributed by atoms with Gasteiger partial charge in [-0.1, -0.05) is 41.9 Å². The van der Waals surface area contributed by atoms with Crippen molar-refractivity contribution in [3.05, 3.63) is 92.1 Å². The lowest BCUT2D eigenvalue weighted by Gasteiger charge is -2.27. The van der Waals surface area contributed by atoms with Crippen LogP contribution in [0.5, 0.6) is 0 Å². The molecule has 0 aliphatic carbocycles. The van der Waals surface area contributed by atoms with Crippen LogP contribution in [0.25, 0.3) is 0 Å². The normalized spacial score (nSPS) is 16.6. The Hall–Kier alpha value is -2.96. The van der Waals surface area contributed by atoms with Gasteiger partial charge in [-0.15, -0.1) is 11.3 Å². The van der Waals surface area contributed by atoms with Crippen molar-refractivity contribution in [3.63, 3.8) is 0 Å². The first-order chi connectivity index (χ1) is 13.9. The maximum Gasteiger partial charge on any atom is 0.294 e. The third kappa shape index (κ3) is 3.34. The maximum absolute atomic E-state index is 13.4. The lowest BCUT2D eigenvalue weighted by Crippen LogP contribution is -2.31. The average Bonchev–Trinajstić information content (AvgIpc) is 3.19. The highest BCUT2D eigenvalue weighted by molar-refractivity contribution is 7.14. The third-order valence-electron chi connectivity index (χ3n) is 4.78. The largest absolute Gasteiger partial charge is 0.503 e. The molecule has 2 heterocycles. The molecule has 0 fully saturated rings. The predicted octanol–water partition coefficient (Wildman–Crippen LogP) is 5.20. The van der Waals surface area contributed by atoms with Crippen LogP contribution in [-0.2, 0) is 4.79 Å². The highest BCUT2D eigenvalue weighted by Crippen LogP contribution is 2.42. The van der Waals surface area contributed by atoms with E-state index in [0.29, 0.717) is 21.3 Å². The van der Waals surface area contributed by atoms with Crippen LogP contribution in [0.2, 0.25) is 5.02 Å². The number of hydrogen-bond acceptors (Lipinski definition) is 5. The molecule has 5 nitrogen and oxygen atoms in total. The smallest absolute Gasteiger partial charge is 0.294 e. The van der Waals surface area contributed by atoms with Gasteiger partial charge in [0.25, 0.3) is 5.91 Å². The van der Waals surface area contributed by atoms with Gasteiger partial charge in [-0.25, -0.2) is 4.98 Å². The molecule has 0 bridgehead atoms. The van der Waals surface area contributed by atoms with Crippen LogP contribution in [0, 0.1) is 13.8 Å². The summed E-state index contributed by atoms with van der Waals surface area (Å²) in [6, 6.07) is 15.2. The number of aryl methyl sites for hydroxylation is 2. The molecule has 0 saturated heterocycles. The Morgan fingerprint density at radius 3 is 2.34 bits per heavy atom. The molecule has 146 valence electrons. The van der Waals surface area contributed by atoms with Gasteiger partial charge >= 0.3 is 0 Å². The second-order valence-electron chi connectivity index (χ2n) is 6.70. The quantitative estimate of drug-likeness (QED) is 0.584. The maximum atomic E-state index is 13.4. The van der Waals surface area contributed by atoms with Gasteiger partial charge in [0.2, 0.25) is 5.78 Å². The van der Waals surface area contributed by atoms with Crippen molar-refractivity contribution in [2.24, 2.45) is 0 Å². The van der Waals surface area contributed by atoms with E-state index in [-0.39, 0.29) is 11.4 Å². The number of Topliss-reactive ketones (excluding diaryl/α,β-unsaturated/α-hetero) is 1. The van der Waals surface area contributed by atoms with Crippen molar-refractivity contribution >= 4 is 40.3 Å². The molecular weight excluding hydrogens is 408 g/mol. The van der Waals surface area contributed by atoms with E-state index in [1.54, 1.807) is 31.2 Å². The minimum atomic E-state index is -0.751. The van der Waals surface area contributed by atoms with Crippen molar-refractivity contribution in [2.75, 3.05) is 4.90 Å². The van der Waals surface area contributed by atoms with Gasteiger partial charge < -0.3 is 5.11 Å². The number of halogens is 1. The third-order valence-corrected chi connectivity index (χ3v) is 6.11. The second-order valence-corrected chi connectivity index (χ2v) is 8.34. The Kier molecular flexibility index (Phi) is 4.98. The number of anilines is 1. The molecule has 1 amide bonds. The van der Waals surface area contributed by atoms with E-state index >= 15 is 0 Å². The van der Waals surface area contributed by atoms with Crippen LogP contribution in [-0.4, -0.2) is 21.8 Å². The fraction of sp³-hybridized carbons (Fsp3) is 0.136. The van der Waals surface area contributed by atoms with Gasteiger partial charge in [0, 0.05) is 10.7 Å². The van der Waals surface area contributed by atoms with E-state index in [2.05, 4.69) is 4.98 Å². The topological polar surface area (TPSA) is 70.5 Å². The summed E-state index contributed by atoms with van der Waals surface area (Å²) < 4.78 is 0. The number of ketones is 1. The van der Waals surface area contributed by atoms with E-state index in [4.69, 9.17) is 11.6 Å². The highest BCUT2D eigenvalue weighted by atomic mass is 35.5. The molecule has 29 heavy (non-hydrogen) atoms. The first-order valence-corrected chi connectivity index (χ1v) is 10.1. The number of rotatable bonds is 4. The van der Waals surface area contributed by atoms with Gasteiger partial charge in [0.05, 0.1) is 27.2 Å². The van der Waals surface area contributed by atoms with Crippen LogP contribution >= 0.6 is 22.9 Å². The summed E-state index contributed by atoms with van der Waals surface area (Å²) in [5.41, 5.74) is 1.91. The summed E-state index contributed by atoms with van der Waals surface area (Å²) in [5.74, 6) is -1.54. The van der Waals surface area contributed by atoms with Crippen LogP contribution in [0.15, 0.2) is 65.9 Å². The van der Waals surface area contributed by atoms with E-state index in [1.165, 1.54) is 16.2 Å². The fourth-order valence-corrected chi connectivity index (χ4v) is 4.52. The van der Waals surface area contributed by atoms with Crippen LogP contribution in [0.3, 0.4) is 0 Å². The summed E-state index contributed by atoms with van der Waals surface area (Å²) in [6.45, 7) is 3.57. The van der Waals surface area contributed by atoms with E-state index in [1.807, 2.05) is 37.3 Å².